The van der Waals surface area contributed by atoms with Crippen LogP contribution in [0.15, 0.2) is 58.0 Å². The molecule has 0 bridgehead atoms. The topological polar surface area (TPSA) is 112 Å². The van der Waals surface area contributed by atoms with E-state index in [1.165, 1.54) is 24.4 Å². The smallest absolute Gasteiger partial charge is 0.337 e. The summed E-state index contributed by atoms with van der Waals surface area (Å²) in [5, 5.41) is 22.5. The number of nitrogens with one attached hydrogen (secondary N) is 1. The van der Waals surface area contributed by atoms with Gasteiger partial charge in [0, 0.05) is 5.56 Å². The van der Waals surface area contributed by atoms with Crippen molar-refractivity contribution in [2.75, 3.05) is 5.43 Å². The second-order valence-corrected chi connectivity index (χ2v) is 6.31. The molecule has 142 valence electrons. The Morgan fingerprint density at radius 1 is 1.04 bits per heavy atom. The first-order valence-corrected chi connectivity index (χ1v) is 8.49. The van der Waals surface area contributed by atoms with Gasteiger partial charge in [-0.15, -0.1) is 0 Å². The van der Waals surface area contributed by atoms with Crippen LogP contribution in [0.4, 0.5) is 5.69 Å². The molecule has 0 amide bonds. The number of hydrazone groups is 1. The molecule has 3 N–H and O–H groups in total. The molecule has 0 fully saturated rings. The Morgan fingerprint density at radius 3 is 2.50 bits per heavy atom. The van der Waals surface area contributed by atoms with Crippen molar-refractivity contribution >= 4 is 35.4 Å². The number of rotatable bonds is 6. The molecule has 0 spiro atoms. The Balaban J connectivity index is 1.75. The Morgan fingerprint density at radius 2 is 1.79 bits per heavy atom. The summed E-state index contributed by atoms with van der Waals surface area (Å²) in [4.78, 5) is 22.4. The molecule has 1 heterocycles. The van der Waals surface area contributed by atoms with Crippen molar-refractivity contribution in [1.29, 1.82) is 0 Å². The summed E-state index contributed by atoms with van der Waals surface area (Å²) >= 11 is 5.87. The molecule has 0 saturated heterocycles. The lowest BCUT2D eigenvalue weighted by Gasteiger charge is -2.04. The van der Waals surface area contributed by atoms with Gasteiger partial charge in [0.15, 0.2) is 0 Å². The van der Waals surface area contributed by atoms with Gasteiger partial charge in [-0.3, -0.25) is 5.43 Å². The van der Waals surface area contributed by atoms with Crippen LogP contribution >= 0.6 is 11.6 Å². The van der Waals surface area contributed by atoms with E-state index in [9.17, 15) is 9.59 Å². The fourth-order valence-corrected chi connectivity index (χ4v) is 2.71. The lowest BCUT2D eigenvalue weighted by molar-refractivity contribution is 0.0685. The second kappa shape index (κ2) is 7.98. The molecule has 0 unspecified atom stereocenters. The average Bonchev–Trinajstić information content (AvgIpc) is 3.12. The average molecular weight is 399 g/mol. The van der Waals surface area contributed by atoms with E-state index in [0.717, 1.165) is 0 Å². The molecule has 0 aliphatic heterocycles. The number of nitrogens with zero attached hydrogens (tertiary/aromatic N) is 1. The summed E-state index contributed by atoms with van der Waals surface area (Å²) in [6, 6.07) is 12.8. The number of carboxylic acid groups (broad SMARTS) is 2. The van der Waals surface area contributed by atoms with E-state index >= 15 is 0 Å². The largest absolute Gasteiger partial charge is 0.478 e. The summed E-state index contributed by atoms with van der Waals surface area (Å²) in [6.07, 6.45) is 1.43. The molecular weight excluding hydrogens is 384 g/mol. The standard InChI is InChI=1S/C20H15ClN2O5/c1-11-2-4-13(9-15(11)19(24)25)23-22-10-14-5-7-18(28-14)12-3-6-17(21)16(8-12)20(26)27/h2-10,23H,1H3,(H,24,25)(H,26,27)/b22-10+. The SMILES string of the molecule is Cc1ccc(N/N=C/c2ccc(-c3ccc(Cl)c(C(=O)O)c3)o2)cc1C(=O)O. The van der Waals surface area contributed by atoms with E-state index in [1.807, 2.05) is 0 Å². The molecule has 28 heavy (non-hydrogen) atoms. The van der Waals surface area contributed by atoms with Gasteiger partial charge in [0.25, 0.3) is 0 Å². The number of carbonyl (C=O) groups is 2. The molecule has 1 aromatic heterocycles. The predicted octanol–water partition coefficient (Wildman–Crippen LogP) is 4.75. The third-order valence-electron chi connectivity index (χ3n) is 3.96. The molecule has 0 saturated carbocycles. The van der Waals surface area contributed by atoms with Gasteiger partial charge in [-0.2, -0.15) is 5.10 Å². The van der Waals surface area contributed by atoms with Gasteiger partial charge < -0.3 is 14.6 Å². The van der Waals surface area contributed by atoms with E-state index < -0.39 is 11.9 Å². The summed E-state index contributed by atoms with van der Waals surface area (Å²) in [5.74, 6) is -1.24. The molecule has 3 aromatic rings. The van der Waals surface area contributed by atoms with E-state index in [2.05, 4.69) is 10.5 Å². The number of aryl methyl sites for hydroxylation is 1. The molecular formula is C20H15ClN2O5. The van der Waals surface area contributed by atoms with E-state index in [0.29, 0.717) is 28.3 Å². The highest BCUT2D eigenvalue weighted by molar-refractivity contribution is 6.33. The highest BCUT2D eigenvalue weighted by Gasteiger charge is 2.12. The number of anilines is 1. The van der Waals surface area contributed by atoms with Gasteiger partial charge in [0.2, 0.25) is 0 Å². The fraction of sp³-hybridized carbons (Fsp3) is 0.0500. The highest BCUT2D eigenvalue weighted by Crippen LogP contribution is 2.26. The molecule has 7 nitrogen and oxygen atoms in total. The van der Waals surface area contributed by atoms with Gasteiger partial charge in [0.05, 0.1) is 28.1 Å². The van der Waals surface area contributed by atoms with Gasteiger partial charge >= 0.3 is 11.9 Å². The number of hydrogen-bond donors (Lipinski definition) is 3. The van der Waals surface area contributed by atoms with Crippen LogP contribution in [0.3, 0.4) is 0 Å². The van der Waals surface area contributed by atoms with Crippen molar-refractivity contribution in [3.8, 4) is 11.3 Å². The number of aromatic carboxylic acids is 2. The minimum Gasteiger partial charge on any atom is -0.478 e. The van der Waals surface area contributed by atoms with Crippen LogP contribution in [0.2, 0.25) is 5.02 Å². The van der Waals surface area contributed by atoms with Crippen molar-refractivity contribution in [2.45, 2.75) is 6.92 Å². The highest BCUT2D eigenvalue weighted by atomic mass is 35.5. The van der Waals surface area contributed by atoms with Crippen molar-refractivity contribution in [3.63, 3.8) is 0 Å². The number of halogens is 1. The van der Waals surface area contributed by atoms with Crippen molar-refractivity contribution < 1.29 is 24.2 Å². The molecule has 8 heteroatoms. The Kier molecular flexibility index (Phi) is 5.47. The molecule has 0 radical (unpaired) electrons. The van der Waals surface area contributed by atoms with Gasteiger partial charge in [-0.05, 0) is 55.0 Å². The summed E-state index contributed by atoms with van der Waals surface area (Å²) in [6.45, 7) is 1.72. The summed E-state index contributed by atoms with van der Waals surface area (Å²) < 4.78 is 5.64. The third-order valence-corrected chi connectivity index (χ3v) is 4.29. The van der Waals surface area contributed by atoms with Crippen LogP contribution in [0.25, 0.3) is 11.3 Å². The molecule has 3 rings (SSSR count). The third kappa shape index (κ3) is 4.21. The van der Waals surface area contributed by atoms with Gasteiger partial charge in [-0.25, -0.2) is 9.59 Å². The molecule has 0 aliphatic carbocycles. The first kappa shape index (κ1) is 19.2. The van der Waals surface area contributed by atoms with Crippen LogP contribution in [-0.2, 0) is 0 Å². The van der Waals surface area contributed by atoms with Crippen LogP contribution in [0, 0.1) is 6.92 Å². The zero-order valence-corrected chi connectivity index (χ0v) is 15.4. The monoisotopic (exact) mass is 398 g/mol. The van der Waals surface area contributed by atoms with Crippen LogP contribution < -0.4 is 5.43 Å². The number of hydrogen-bond acceptors (Lipinski definition) is 5. The first-order valence-electron chi connectivity index (χ1n) is 8.11. The maximum absolute atomic E-state index is 11.2. The van der Waals surface area contributed by atoms with E-state index in [4.69, 9.17) is 26.2 Å². The maximum atomic E-state index is 11.2. The van der Waals surface area contributed by atoms with Crippen LogP contribution in [0.5, 0.6) is 0 Å². The number of carboxylic acids is 2. The lowest BCUT2D eigenvalue weighted by Crippen LogP contribution is -2.01. The minimum absolute atomic E-state index is 0.0129. The molecule has 2 aromatic carbocycles. The van der Waals surface area contributed by atoms with Crippen LogP contribution in [0.1, 0.15) is 32.0 Å². The quantitative estimate of drug-likeness (QED) is 0.408. The maximum Gasteiger partial charge on any atom is 0.337 e. The normalized spacial score (nSPS) is 10.9. The summed E-state index contributed by atoms with van der Waals surface area (Å²) in [7, 11) is 0. The Hall–Kier alpha value is -3.58. The van der Waals surface area contributed by atoms with Gasteiger partial charge in [0.1, 0.15) is 11.5 Å². The fourth-order valence-electron chi connectivity index (χ4n) is 2.51. The van der Waals surface area contributed by atoms with E-state index in [1.54, 1.807) is 37.3 Å². The zero-order chi connectivity index (χ0) is 20.3. The van der Waals surface area contributed by atoms with Crippen molar-refractivity contribution in [2.24, 2.45) is 5.10 Å². The lowest BCUT2D eigenvalue weighted by atomic mass is 10.1. The molecule has 0 aliphatic rings. The van der Waals surface area contributed by atoms with Gasteiger partial charge in [-0.1, -0.05) is 17.7 Å². The Bertz CT molecular complexity index is 1090. The van der Waals surface area contributed by atoms with Crippen LogP contribution in [-0.4, -0.2) is 28.4 Å². The Labute approximate surface area is 164 Å². The number of furan rings is 1. The second-order valence-electron chi connectivity index (χ2n) is 5.91. The first-order chi connectivity index (χ1) is 13.3. The van der Waals surface area contributed by atoms with E-state index in [-0.39, 0.29) is 16.1 Å². The number of benzene rings is 2. The van der Waals surface area contributed by atoms with Crippen molar-refractivity contribution in [1.82, 2.24) is 0 Å². The minimum atomic E-state index is -1.12. The summed E-state index contributed by atoms with van der Waals surface area (Å²) in [5.41, 5.74) is 4.67. The zero-order valence-electron chi connectivity index (χ0n) is 14.6. The van der Waals surface area contributed by atoms with Crippen molar-refractivity contribution in [3.05, 3.63) is 76.0 Å². The molecule has 0 atom stereocenters. The predicted molar refractivity (Wildman–Crippen MR) is 105 cm³/mol.